The topological polar surface area (TPSA) is 104 Å². The maximum absolute atomic E-state index is 12.2. The van der Waals surface area contributed by atoms with E-state index in [1.807, 2.05) is 40.1 Å². The summed E-state index contributed by atoms with van der Waals surface area (Å²) in [5.41, 5.74) is 1.07. The van der Waals surface area contributed by atoms with Crippen molar-refractivity contribution in [3.63, 3.8) is 0 Å². The van der Waals surface area contributed by atoms with E-state index >= 15 is 0 Å². The number of pyridine rings is 2. The zero-order chi connectivity index (χ0) is 20.6. The van der Waals surface area contributed by atoms with Gasteiger partial charge >= 0.3 is 5.69 Å². The highest BCUT2D eigenvalue weighted by atomic mass is 16.5. The molecule has 0 unspecified atom stereocenters. The molecule has 0 saturated heterocycles. The van der Waals surface area contributed by atoms with Crippen molar-refractivity contribution in [1.29, 1.82) is 0 Å². The van der Waals surface area contributed by atoms with E-state index in [2.05, 4.69) is 25.1 Å². The van der Waals surface area contributed by atoms with E-state index in [1.165, 1.54) is 4.68 Å². The van der Waals surface area contributed by atoms with Crippen molar-refractivity contribution in [1.82, 2.24) is 34.5 Å². The Morgan fingerprint density at radius 3 is 2.52 bits per heavy atom. The Bertz CT molecular complexity index is 1200. The van der Waals surface area contributed by atoms with Gasteiger partial charge in [0.2, 0.25) is 0 Å². The van der Waals surface area contributed by atoms with Gasteiger partial charge in [-0.05, 0) is 18.2 Å². The van der Waals surface area contributed by atoms with Gasteiger partial charge in [-0.25, -0.2) is 9.78 Å². The van der Waals surface area contributed by atoms with Gasteiger partial charge < -0.3 is 4.74 Å². The molecule has 9 heteroatoms. The van der Waals surface area contributed by atoms with Crippen molar-refractivity contribution in [2.75, 3.05) is 0 Å². The van der Waals surface area contributed by atoms with Crippen LogP contribution in [-0.4, -0.2) is 34.5 Å². The Kier molecular flexibility index (Phi) is 4.50. The van der Waals surface area contributed by atoms with Gasteiger partial charge in [-0.2, -0.15) is 9.78 Å². The summed E-state index contributed by atoms with van der Waals surface area (Å²) < 4.78 is 8.85. The molecule has 0 spiro atoms. The molecule has 0 amide bonds. The summed E-state index contributed by atoms with van der Waals surface area (Å²) in [5, 5.41) is 8.50. The zero-order valence-electron chi connectivity index (χ0n) is 16.6. The van der Waals surface area contributed by atoms with Crippen molar-refractivity contribution in [2.45, 2.75) is 26.2 Å². The van der Waals surface area contributed by atoms with Crippen molar-refractivity contribution in [3.05, 3.63) is 65.4 Å². The molecule has 0 bridgehead atoms. The van der Waals surface area contributed by atoms with Crippen LogP contribution in [0.25, 0.3) is 17.1 Å². The molecule has 0 atom stereocenters. The van der Waals surface area contributed by atoms with E-state index in [9.17, 15) is 4.79 Å². The summed E-state index contributed by atoms with van der Waals surface area (Å²) >= 11 is 0. The average molecular weight is 391 g/mol. The minimum absolute atomic E-state index is 0.263. The molecule has 148 valence electrons. The minimum atomic E-state index is -0.327. The standard InChI is InChI=1S/C20H21N7O2/c1-20(2,3)18-24-19(28)27(25-18)17-6-5-15(11-22-17)29-14-7-8-21-16(9-14)13-10-23-26(4)12-13/h5-12H,1-4H3,(H,24,25,28). The number of nitrogens with zero attached hydrogens (tertiary/aromatic N) is 6. The molecule has 0 aromatic carbocycles. The molecule has 29 heavy (non-hydrogen) atoms. The van der Waals surface area contributed by atoms with E-state index in [1.54, 1.807) is 41.5 Å². The van der Waals surface area contributed by atoms with Crippen LogP contribution >= 0.6 is 0 Å². The lowest BCUT2D eigenvalue weighted by Crippen LogP contribution is -2.17. The number of H-pyrrole nitrogens is 1. The molecule has 0 aliphatic carbocycles. The Balaban J connectivity index is 1.55. The lowest BCUT2D eigenvalue weighted by atomic mass is 9.96. The largest absolute Gasteiger partial charge is 0.456 e. The molecule has 4 heterocycles. The van der Waals surface area contributed by atoms with Crippen LogP contribution in [0.5, 0.6) is 11.5 Å². The van der Waals surface area contributed by atoms with Gasteiger partial charge in [0, 0.05) is 36.5 Å². The van der Waals surface area contributed by atoms with E-state index in [-0.39, 0.29) is 11.1 Å². The first-order chi connectivity index (χ1) is 13.8. The Morgan fingerprint density at radius 2 is 1.90 bits per heavy atom. The second-order valence-corrected chi connectivity index (χ2v) is 7.67. The van der Waals surface area contributed by atoms with Crippen molar-refractivity contribution < 1.29 is 4.74 Å². The highest BCUT2D eigenvalue weighted by Crippen LogP contribution is 2.25. The van der Waals surface area contributed by atoms with E-state index < -0.39 is 0 Å². The first-order valence-electron chi connectivity index (χ1n) is 9.09. The van der Waals surface area contributed by atoms with E-state index in [0.29, 0.717) is 23.1 Å². The van der Waals surface area contributed by atoms with Gasteiger partial charge in [-0.3, -0.25) is 14.6 Å². The summed E-state index contributed by atoms with van der Waals surface area (Å²) in [6.45, 7) is 5.94. The second-order valence-electron chi connectivity index (χ2n) is 7.67. The predicted molar refractivity (Wildman–Crippen MR) is 107 cm³/mol. The molecule has 4 aromatic heterocycles. The Labute approximate surface area is 167 Å². The lowest BCUT2D eigenvalue weighted by molar-refractivity contribution is 0.479. The summed E-state index contributed by atoms with van der Waals surface area (Å²) in [4.78, 5) is 23.6. The monoisotopic (exact) mass is 391 g/mol. The third-order valence-electron chi connectivity index (χ3n) is 4.23. The van der Waals surface area contributed by atoms with Crippen LogP contribution < -0.4 is 10.4 Å². The number of rotatable bonds is 4. The van der Waals surface area contributed by atoms with Gasteiger partial charge in [-0.15, -0.1) is 5.10 Å². The normalized spacial score (nSPS) is 11.6. The summed E-state index contributed by atoms with van der Waals surface area (Å²) in [6, 6.07) is 7.03. The highest BCUT2D eigenvalue weighted by Gasteiger charge is 2.20. The number of hydrogen-bond donors (Lipinski definition) is 1. The van der Waals surface area contributed by atoms with E-state index in [4.69, 9.17) is 4.74 Å². The van der Waals surface area contributed by atoms with Gasteiger partial charge in [-0.1, -0.05) is 20.8 Å². The van der Waals surface area contributed by atoms with Crippen molar-refractivity contribution in [3.8, 4) is 28.6 Å². The number of aryl methyl sites for hydroxylation is 1. The Hall–Kier alpha value is -3.75. The first kappa shape index (κ1) is 18.6. The molecule has 0 saturated carbocycles. The third-order valence-corrected chi connectivity index (χ3v) is 4.23. The number of aromatic amines is 1. The summed E-state index contributed by atoms with van der Waals surface area (Å²) in [5.74, 6) is 2.18. The van der Waals surface area contributed by atoms with Gasteiger partial charge in [0.1, 0.15) is 17.3 Å². The first-order valence-corrected chi connectivity index (χ1v) is 9.09. The van der Waals surface area contributed by atoms with Gasteiger partial charge in [0.05, 0.1) is 18.1 Å². The van der Waals surface area contributed by atoms with Crippen LogP contribution in [0.3, 0.4) is 0 Å². The second kappa shape index (κ2) is 7.01. The fourth-order valence-corrected chi connectivity index (χ4v) is 2.70. The fourth-order valence-electron chi connectivity index (χ4n) is 2.70. The molecular formula is C20H21N7O2. The maximum atomic E-state index is 12.2. The molecule has 1 N–H and O–H groups in total. The maximum Gasteiger partial charge on any atom is 0.349 e. The molecule has 4 rings (SSSR count). The number of ether oxygens (including phenoxy) is 1. The fraction of sp³-hybridized carbons (Fsp3) is 0.250. The average Bonchev–Trinajstić information content (AvgIpc) is 3.28. The SMILES string of the molecule is Cn1cc(-c2cc(Oc3ccc(-n4nc(C(C)(C)C)[nH]c4=O)nc3)ccn2)cn1. The molecule has 0 fully saturated rings. The molecular weight excluding hydrogens is 370 g/mol. The van der Waals surface area contributed by atoms with Crippen molar-refractivity contribution in [2.24, 2.45) is 7.05 Å². The Morgan fingerprint density at radius 1 is 1.07 bits per heavy atom. The number of hydrogen-bond acceptors (Lipinski definition) is 6. The highest BCUT2D eigenvalue weighted by molar-refractivity contribution is 5.58. The molecule has 4 aromatic rings. The number of aromatic nitrogens is 7. The zero-order valence-corrected chi connectivity index (χ0v) is 16.6. The summed E-state index contributed by atoms with van der Waals surface area (Å²) in [6.07, 6.45) is 6.86. The van der Waals surface area contributed by atoms with Gasteiger partial charge in [0.25, 0.3) is 0 Å². The van der Waals surface area contributed by atoms with Gasteiger partial charge in [0.15, 0.2) is 5.82 Å². The van der Waals surface area contributed by atoms with Crippen LogP contribution in [-0.2, 0) is 12.5 Å². The molecule has 0 aliphatic rings. The van der Waals surface area contributed by atoms with Crippen LogP contribution in [0.4, 0.5) is 0 Å². The van der Waals surface area contributed by atoms with Crippen LogP contribution in [0.1, 0.15) is 26.6 Å². The van der Waals surface area contributed by atoms with Crippen LogP contribution in [0.2, 0.25) is 0 Å². The van der Waals surface area contributed by atoms with Crippen LogP contribution in [0, 0.1) is 0 Å². The van der Waals surface area contributed by atoms with Crippen molar-refractivity contribution >= 4 is 0 Å². The smallest absolute Gasteiger partial charge is 0.349 e. The molecule has 0 aliphatic heterocycles. The summed E-state index contributed by atoms with van der Waals surface area (Å²) in [7, 11) is 1.85. The molecule has 0 radical (unpaired) electrons. The quantitative estimate of drug-likeness (QED) is 0.574. The molecule has 9 nitrogen and oxygen atoms in total. The third kappa shape index (κ3) is 3.93. The predicted octanol–water partition coefficient (Wildman–Crippen LogP) is 2.84. The van der Waals surface area contributed by atoms with Crippen LogP contribution in [0.15, 0.2) is 53.8 Å². The van der Waals surface area contributed by atoms with E-state index in [0.717, 1.165) is 11.3 Å². The lowest BCUT2D eigenvalue weighted by Gasteiger charge is -2.12. The number of nitrogens with one attached hydrogen (secondary N) is 1. The minimum Gasteiger partial charge on any atom is -0.456 e.